The van der Waals surface area contributed by atoms with Crippen LogP contribution in [0, 0.1) is 12.3 Å². The van der Waals surface area contributed by atoms with E-state index in [4.69, 9.17) is 11.2 Å². The van der Waals surface area contributed by atoms with E-state index in [1.54, 1.807) is 11.3 Å². The zero-order valence-corrected chi connectivity index (χ0v) is 12.6. The number of hydrogen-bond acceptors (Lipinski definition) is 4. The van der Waals surface area contributed by atoms with Gasteiger partial charge in [-0.2, -0.15) is 0 Å². The topological polar surface area (TPSA) is 34.1 Å². The standard InChI is InChI=1S/C14H13BrN2OS/c1-2-5-18-14-4-3-12(15)6-11(14)7-16-8-13-9-19-10-17-13/h1,3-4,6,9-10,16H,5,7-8H2. The molecule has 1 aromatic heterocycles. The Kier molecular flexibility index (Phi) is 5.40. The fraction of sp³-hybridized carbons (Fsp3) is 0.214. The van der Waals surface area contributed by atoms with E-state index in [1.807, 2.05) is 29.1 Å². The van der Waals surface area contributed by atoms with Gasteiger partial charge in [-0.15, -0.1) is 17.8 Å². The molecular weight excluding hydrogens is 324 g/mol. The number of halogens is 1. The maximum atomic E-state index is 5.52. The zero-order valence-electron chi connectivity index (χ0n) is 10.2. The number of nitrogens with one attached hydrogen (secondary N) is 1. The van der Waals surface area contributed by atoms with Crippen molar-refractivity contribution in [3.8, 4) is 18.1 Å². The summed E-state index contributed by atoms with van der Waals surface area (Å²) in [5.41, 5.74) is 3.95. The summed E-state index contributed by atoms with van der Waals surface area (Å²) in [5.74, 6) is 3.29. The third kappa shape index (κ3) is 4.35. The molecule has 0 aliphatic rings. The molecule has 0 aliphatic carbocycles. The van der Waals surface area contributed by atoms with Crippen molar-refractivity contribution in [1.29, 1.82) is 0 Å². The van der Waals surface area contributed by atoms with Gasteiger partial charge in [0.05, 0.1) is 11.2 Å². The van der Waals surface area contributed by atoms with Gasteiger partial charge in [0.1, 0.15) is 12.4 Å². The zero-order chi connectivity index (χ0) is 13.5. The Balaban J connectivity index is 1.97. The van der Waals surface area contributed by atoms with Crippen LogP contribution in [0.15, 0.2) is 33.6 Å². The summed E-state index contributed by atoms with van der Waals surface area (Å²) in [6.45, 7) is 1.72. The van der Waals surface area contributed by atoms with Crippen LogP contribution in [-0.2, 0) is 13.1 Å². The lowest BCUT2D eigenvalue weighted by atomic mass is 10.2. The average molecular weight is 337 g/mol. The molecule has 2 aromatic rings. The van der Waals surface area contributed by atoms with Crippen LogP contribution in [0.25, 0.3) is 0 Å². The predicted octanol–water partition coefficient (Wildman–Crippen LogP) is 3.21. The number of ether oxygens (including phenoxy) is 1. The maximum absolute atomic E-state index is 5.52. The van der Waals surface area contributed by atoms with Crippen LogP contribution in [0.1, 0.15) is 11.3 Å². The summed E-state index contributed by atoms with van der Waals surface area (Å²) < 4.78 is 6.54. The third-order valence-electron chi connectivity index (χ3n) is 2.44. The van der Waals surface area contributed by atoms with Gasteiger partial charge in [-0.3, -0.25) is 0 Å². The minimum absolute atomic E-state index is 0.278. The highest BCUT2D eigenvalue weighted by Gasteiger charge is 2.04. The van der Waals surface area contributed by atoms with Crippen LogP contribution >= 0.6 is 27.3 Å². The number of nitrogens with zero attached hydrogens (tertiary/aromatic N) is 1. The van der Waals surface area contributed by atoms with Gasteiger partial charge in [-0.1, -0.05) is 21.9 Å². The van der Waals surface area contributed by atoms with Crippen molar-refractivity contribution >= 4 is 27.3 Å². The first-order valence-corrected chi connectivity index (χ1v) is 7.45. The van der Waals surface area contributed by atoms with E-state index in [0.717, 1.165) is 28.0 Å². The normalized spacial score (nSPS) is 10.1. The Bertz CT molecular complexity index is 563. The minimum atomic E-state index is 0.278. The molecule has 0 unspecified atom stereocenters. The number of terminal acetylenes is 1. The van der Waals surface area contributed by atoms with E-state index in [1.165, 1.54) is 0 Å². The summed E-state index contributed by atoms with van der Waals surface area (Å²) in [5, 5.41) is 5.37. The Morgan fingerprint density at radius 3 is 3.05 bits per heavy atom. The van der Waals surface area contributed by atoms with Gasteiger partial charge < -0.3 is 10.1 Å². The summed E-state index contributed by atoms with van der Waals surface area (Å²) >= 11 is 5.06. The smallest absolute Gasteiger partial charge is 0.148 e. The molecule has 0 aliphatic heterocycles. The SMILES string of the molecule is C#CCOc1ccc(Br)cc1CNCc1cscn1. The van der Waals surface area contributed by atoms with Crippen molar-refractivity contribution in [1.82, 2.24) is 10.3 Å². The predicted molar refractivity (Wildman–Crippen MR) is 81.1 cm³/mol. The third-order valence-corrected chi connectivity index (χ3v) is 3.57. The van der Waals surface area contributed by atoms with Crippen LogP contribution in [0.2, 0.25) is 0 Å². The first kappa shape index (κ1) is 14.1. The maximum Gasteiger partial charge on any atom is 0.148 e. The molecule has 0 spiro atoms. The lowest BCUT2D eigenvalue weighted by Crippen LogP contribution is -2.14. The number of hydrogen-bond donors (Lipinski definition) is 1. The average Bonchev–Trinajstić information content (AvgIpc) is 2.91. The Morgan fingerprint density at radius 1 is 1.42 bits per heavy atom. The molecule has 0 bridgehead atoms. The van der Waals surface area contributed by atoms with Crippen LogP contribution < -0.4 is 10.1 Å². The lowest BCUT2D eigenvalue weighted by molar-refractivity contribution is 0.364. The quantitative estimate of drug-likeness (QED) is 0.822. The second-order valence-corrected chi connectivity index (χ2v) is 5.46. The first-order valence-electron chi connectivity index (χ1n) is 5.72. The molecule has 1 aromatic carbocycles. The second kappa shape index (κ2) is 7.29. The molecule has 2 rings (SSSR count). The Labute approximate surface area is 125 Å². The Morgan fingerprint density at radius 2 is 2.32 bits per heavy atom. The molecule has 1 heterocycles. The number of aromatic nitrogens is 1. The van der Waals surface area contributed by atoms with E-state index in [-0.39, 0.29) is 6.61 Å². The second-order valence-electron chi connectivity index (χ2n) is 3.83. The van der Waals surface area contributed by atoms with Crippen molar-refractivity contribution in [2.75, 3.05) is 6.61 Å². The van der Waals surface area contributed by atoms with E-state index < -0.39 is 0 Å². The summed E-state index contributed by atoms with van der Waals surface area (Å²) in [7, 11) is 0. The molecule has 0 fully saturated rings. The summed E-state index contributed by atoms with van der Waals surface area (Å²) in [4.78, 5) is 4.23. The molecule has 19 heavy (non-hydrogen) atoms. The molecule has 98 valence electrons. The molecular formula is C14H13BrN2OS. The van der Waals surface area contributed by atoms with Gasteiger partial charge in [0.2, 0.25) is 0 Å². The number of benzene rings is 1. The summed E-state index contributed by atoms with van der Waals surface area (Å²) in [6.07, 6.45) is 5.21. The van der Waals surface area contributed by atoms with E-state index in [9.17, 15) is 0 Å². The lowest BCUT2D eigenvalue weighted by Gasteiger charge is -2.11. The van der Waals surface area contributed by atoms with Crippen molar-refractivity contribution < 1.29 is 4.74 Å². The fourth-order valence-electron chi connectivity index (χ4n) is 1.60. The Hall–Kier alpha value is -1.35. The molecule has 0 amide bonds. The largest absolute Gasteiger partial charge is 0.481 e. The van der Waals surface area contributed by atoms with E-state index in [0.29, 0.717) is 6.54 Å². The van der Waals surface area contributed by atoms with Gasteiger partial charge >= 0.3 is 0 Å². The number of rotatable bonds is 6. The molecule has 0 saturated heterocycles. The highest BCUT2D eigenvalue weighted by atomic mass is 79.9. The van der Waals surface area contributed by atoms with Crippen molar-refractivity contribution in [3.05, 3.63) is 44.8 Å². The van der Waals surface area contributed by atoms with E-state index >= 15 is 0 Å². The van der Waals surface area contributed by atoms with Crippen LogP contribution in [0.4, 0.5) is 0 Å². The van der Waals surface area contributed by atoms with Gasteiger partial charge in [0, 0.05) is 28.5 Å². The van der Waals surface area contributed by atoms with Crippen molar-refractivity contribution in [3.63, 3.8) is 0 Å². The molecule has 0 radical (unpaired) electrons. The van der Waals surface area contributed by atoms with Gasteiger partial charge in [-0.05, 0) is 18.2 Å². The van der Waals surface area contributed by atoms with Gasteiger partial charge in [-0.25, -0.2) is 4.98 Å². The van der Waals surface area contributed by atoms with Gasteiger partial charge in [0.15, 0.2) is 0 Å². The monoisotopic (exact) mass is 336 g/mol. The first-order chi connectivity index (χ1) is 9.29. The van der Waals surface area contributed by atoms with Crippen LogP contribution in [0.5, 0.6) is 5.75 Å². The molecule has 0 atom stereocenters. The fourth-order valence-corrected chi connectivity index (χ4v) is 2.56. The number of thiazole rings is 1. The van der Waals surface area contributed by atoms with Gasteiger partial charge in [0.25, 0.3) is 0 Å². The summed E-state index contributed by atoms with van der Waals surface area (Å²) in [6, 6.07) is 5.89. The molecule has 0 saturated carbocycles. The molecule has 3 nitrogen and oxygen atoms in total. The van der Waals surface area contributed by atoms with E-state index in [2.05, 4.69) is 32.2 Å². The van der Waals surface area contributed by atoms with Crippen molar-refractivity contribution in [2.45, 2.75) is 13.1 Å². The highest BCUT2D eigenvalue weighted by Crippen LogP contribution is 2.23. The highest BCUT2D eigenvalue weighted by molar-refractivity contribution is 9.10. The van der Waals surface area contributed by atoms with Crippen LogP contribution in [0.3, 0.4) is 0 Å². The molecule has 5 heteroatoms. The molecule has 1 N–H and O–H groups in total. The minimum Gasteiger partial charge on any atom is -0.481 e. The van der Waals surface area contributed by atoms with Crippen LogP contribution in [-0.4, -0.2) is 11.6 Å². The van der Waals surface area contributed by atoms with Crippen molar-refractivity contribution in [2.24, 2.45) is 0 Å².